The number of hydrogen-bond donors (Lipinski definition) is 3. The number of hydrogen-bond acceptors (Lipinski definition) is 3. The van der Waals surface area contributed by atoms with Gasteiger partial charge >= 0.3 is 0 Å². The number of ether oxygens (including phenoxy) is 1. The summed E-state index contributed by atoms with van der Waals surface area (Å²) < 4.78 is 5.23. The van der Waals surface area contributed by atoms with Crippen LogP contribution in [0.15, 0.2) is 29.3 Å². The number of benzene rings is 1. The minimum atomic E-state index is -0.110. The third kappa shape index (κ3) is 9.39. The van der Waals surface area contributed by atoms with Gasteiger partial charge in [-0.2, -0.15) is 0 Å². The molecule has 0 aliphatic heterocycles. The molecule has 0 atom stereocenters. The minimum Gasteiger partial charge on any atom is -0.380 e. The molecular weight excluding hydrogens is 407 g/mol. The van der Waals surface area contributed by atoms with Crippen molar-refractivity contribution in [3.63, 3.8) is 0 Å². The van der Waals surface area contributed by atoms with E-state index in [0.717, 1.165) is 12.1 Å². The first-order valence-electron chi connectivity index (χ1n) is 7.60. The smallest absolute Gasteiger partial charge is 0.243 e. The highest BCUT2D eigenvalue weighted by molar-refractivity contribution is 14.0. The van der Waals surface area contributed by atoms with Gasteiger partial charge in [0.05, 0.1) is 13.2 Å². The fourth-order valence-corrected chi connectivity index (χ4v) is 1.84. The normalized spacial score (nSPS) is 10.7. The lowest BCUT2D eigenvalue weighted by atomic mass is 10.1. The second kappa shape index (κ2) is 13.1. The standard InChI is InChI=1S/C16H26N4O2.HI/c1-4-13-7-6-8-14(11-13)20-15(21)12-19-16(17-3)18-9-10-22-5-2;/h6-8,11H,4-5,9-10,12H2,1-3H3,(H,20,21)(H2,17,18,19);1H. The molecule has 0 heterocycles. The van der Waals surface area contributed by atoms with Gasteiger partial charge in [0.15, 0.2) is 5.96 Å². The topological polar surface area (TPSA) is 74.8 Å². The van der Waals surface area contributed by atoms with Crippen molar-refractivity contribution in [1.29, 1.82) is 0 Å². The molecule has 0 aliphatic carbocycles. The summed E-state index contributed by atoms with van der Waals surface area (Å²) in [5, 5.41) is 8.91. The van der Waals surface area contributed by atoms with E-state index >= 15 is 0 Å². The van der Waals surface area contributed by atoms with Gasteiger partial charge in [0.2, 0.25) is 5.91 Å². The van der Waals surface area contributed by atoms with Gasteiger partial charge in [-0.1, -0.05) is 19.1 Å². The molecule has 0 spiro atoms. The summed E-state index contributed by atoms with van der Waals surface area (Å²) in [4.78, 5) is 16.0. The highest BCUT2D eigenvalue weighted by Gasteiger charge is 2.04. The van der Waals surface area contributed by atoms with Gasteiger partial charge in [-0.05, 0) is 31.0 Å². The number of nitrogens with one attached hydrogen (secondary N) is 3. The summed E-state index contributed by atoms with van der Waals surface area (Å²) >= 11 is 0. The van der Waals surface area contributed by atoms with Gasteiger partial charge in [-0.15, -0.1) is 24.0 Å². The molecule has 0 aromatic heterocycles. The maximum Gasteiger partial charge on any atom is 0.243 e. The summed E-state index contributed by atoms with van der Waals surface area (Å²) in [6.45, 7) is 6.13. The number of guanidine groups is 1. The molecule has 1 rings (SSSR count). The van der Waals surface area contributed by atoms with Crippen molar-refractivity contribution in [1.82, 2.24) is 10.6 Å². The molecule has 7 heteroatoms. The maximum absolute atomic E-state index is 11.9. The Kier molecular flexibility index (Phi) is 12.4. The zero-order chi connectivity index (χ0) is 16.2. The third-order valence-corrected chi connectivity index (χ3v) is 3.00. The van der Waals surface area contributed by atoms with E-state index in [1.807, 2.05) is 31.2 Å². The molecule has 23 heavy (non-hydrogen) atoms. The Hall–Kier alpha value is -1.35. The monoisotopic (exact) mass is 434 g/mol. The number of rotatable bonds is 8. The molecule has 3 N–H and O–H groups in total. The molecule has 0 saturated heterocycles. The highest BCUT2D eigenvalue weighted by Crippen LogP contribution is 2.10. The Balaban J connectivity index is 0.00000484. The lowest BCUT2D eigenvalue weighted by Gasteiger charge is -2.12. The van der Waals surface area contributed by atoms with Crippen LogP contribution in [0.25, 0.3) is 0 Å². The van der Waals surface area contributed by atoms with E-state index in [-0.39, 0.29) is 36.4 Å². The number of carbonyl (C=O) groups is 1. The summed E-state index contributed by atoms with van der Waals surface area (Å²) in [7, 11) is 1.67. The van der Waals surface area contributed by atoms with E-state index in [9.17, 15) is 4.79 Å². The van der Waals surface area contributed by atoms with Crippen LogP contribution in [0, 0.1) is 0 Å². The van der Waals surface area contributed by atoms with Crippen molar-refractivity contribution in [3.8, 4) is 0 Å². The Morgan fingerprint density at radius 2 is 2.04 bits per heavy atom. The van der Waals surface area contributed by atoms with Gasteiger partial charge in [-0.3, -0.25) is 9.79 Å². The molecule has 0 unspecified atom stereocenters. The van der Waals surface area contributed by atoms with Gasteiger partial charge in [-0.25, -0.2) is 0 Å². The number of halogens is 1. The molecule has 0 bridgehead atoms. The van der Waals surface area contributed by atoms with E-state index in [1.54, 1.807) is 7.05 Å². The lowest BCUT2D eigenvalue weighted by molar-refractivity contribution is -0.115. The SMILES string of the molecule is CCOCCNC(=NC)NCC(=O)Nc1cccc(CC)c1.I. The van der Waals surface area contributed by atoms with Gasteiger partial charge < -0.3 is 20.7 Å². The van der Waals surface area contributed by atoms with Gasteiger partial charge in [0, 0.05) is 25.9 Å². The molecule has 6 nitrogen and oxygen atoms in total. The van der Waals surface area contributed by atoms with Crippen molar-refractivity contribution < 1.29 is 9.53 Å². The van der Waals surface area contributed by atoms with Gasteiger partial charge in [0.1, 0.15) is 0 Å². The molecule has 1 aromatic carbocycles. The number of aliphatic imine (C=N–C) groups is 1. The van der Waals surface area contributed by atoms with Crippen LogP contribution in [0.1, 0.15) is 19.4 Å². The van der Waals surface area contributed by atoms with Crippen LogP contribution in [-0.2, 0) is 16.0 Å². The maximum atomic E-state index is 11.9. The molecule has 1 aromatic rings. The number of anilines is 1. The molecule has 0 radical (unpaired) electrons. The second-order valence-electron chi connectivity index (χ2n) is 4.65. The first-order valence-corrected chi connectivity index (χ1v) is 7.60. The summed E-state index contributed by atoms with van der Waals surface area (Å²) in [5.41, 5.74) is 2.00. The third-order valence-electron chi connectivity index (χ3n) is 3.00. The van der Waals surface area contributed by atoms with Crippen molar-refractivity contribution in [2.45, 2.75) is 20.3 Å². The first kappa shape index (κ1) is 21.6. The largest absolute Gasteiger partial charge is 0.380 e. The number of amides is 1. The predicted octanol–water partition coefficient (Wildman–Crippen LogP) is 2.01. The van der Waals surface area contributed by atoms with Crippen molar-refractivity contribution in [3.05, 3.63) is 29.8 Å². The minimum absolute atomic E-state index is 0. The molecule has 1 amide bonds. The number of aryl methyl sites for hydroxylation is 1. The zero-order valence-electron chi connectivity index (χ0n) is 14.0. The number of carbonyl (C=O) groups excluding carboxylic acids is 1. The summed E-state index contributed by atoms with van der Waals surface area (Å²) in [6, 6.07) is 7.84. The Bertz CT molecular complexity index is 495. The average molecular weight is 434 g/mol. The first-order chi connectivity index (χ1) is 10.7. The summed E-state index contributed by atoms with van der Waals surface area (Å²) in [6.07, 6.45) is 0.943. The van der Waals surface area contributed by atoms with E-state index in [0.29, 0.717) is 25.7 Å². The fraction of sp³-hybridized carbons (Fsp3) is 0.500. The molecule has 0 saturated carbocycles. The van der Waals surface area contributed by atoms with Crippen molar-refractivity contribution in [2.24, 2.45) is 4.99 Å². The number of nitrogens with zero attached hydrogens (tertiary/aromatic N) is 1. The zero-order valence-corrected chi connectivity index (χ0v) is 16.3. The Morgan fingerprint density at radius 3 is 2.70 bits per heavy atom. The van der Waals surface area contributed by atoms with Crippen molar-refractivity contribution in [2.75, 3.05) is 38.7 Å². The predicted molar refractivity (Wildman–Crippen MR) is 106 cm³/mol. The van der Waals surface area contributed by atoms with Crippen LogP contribution in [0.2, 0.25) is 0 Å². The van der Waals surface area contributed by atoms with Crippen LogP contribution in [0.5, 0.6) is 0 Å². The van der Waals surface area contributed by atoms with Crippen LogP contribution in [0.3, 0.4) is 0 Å². The fourth-order valence-electron chi connectivity index (χ4n) is 1.84. The lowest BCUT2D eigenvalue weighted by Crippen LogP contribution is -2.42. The van der Waals surface area contributed by atoms with Crippen LogP contribution in [0.4, 0.5) is 5.69 Å². The molecule has 0 aliphatic rings. The van der Waals surface area contributed by atoms with Crippen molar-refractivity contribution >= 4 is 41.5 Å². The average Bonchev–Trinajstić information content (AvgIpc) is 2.54. The van der Waals surface area contributed by atoms with Gasteiger partial charge in [0.25, 0.3) is 0 Å². The van der Waals surface area contributed by atoms with Crippen LogP contribution in [-0.4, -0.2) is 45.2 Å². The van der Waals surface area contributed by atoms with Crippen LogP contribution < -0.4 is 16.0 Å². The Morgan fingerprint density at radius 1 is 1.26 bits per heavy atom. The second-order valence-corrected chi connectivity index (χ2v) is 4.65. The van der Waals surface area contributed by atoms with E-state index in [2.05, 4.69) is 27.9 Å². The van der Waals surface area contributed by atoms with E-state index in [4.69, 9.17) is 4.74 Å². The quantitative estimate of drug-likeness (QED) is 0.253. The molecule has 0 fully saturated rings. The van der Waals surface area contributed by atoms with Crippen LogP contribution >= 0.6 is 24.0 Å². The van der Waals surface area contributed by atoms with E-state index in [1.165, 1.54) is 5.56 Å². The summed E-state index contributed by atoms with van der Waals surface area (Å²) in [5.74, 6) is 0.471. The molecular formula is C16H27IN4O2. The highest BCUT2D eigenvalue weighted by atomic mass is 127. The molecule has 130 valence electrons. The van der Waals surface area contributed by atoms with E-state index < -0.39 is 0 Å². The Labute approximate surface area is 155 Å².